The maximum absolute atomic E-state index is 12.7. The number of pyridine rings is 1. The molecule has 2 atom stereocenters. The number of amides is 1. The number of aromatic nitrogens is 1. The predicted octanol–water partition coefficient (Wildman–Crippen LogP) is 2.53. The van der Waals surface area contributed by atoms with E-state index in [4.69, 9.17) is 0 Å². The van der Waals surface area contributed by atoms with E-state index in [-0.39, 0.29) is 5.92 Å². The van der Waals surface area contributed by atoms with Crippen LogP contribution in [0, 0.1) is 5.92 Å². The van der Waals surface area contributed by atoms with Crippen LogP contribution in [0.3, 0.4) is 0 Å². The first-order valence-electron chi connectivity index (χ1n) is 8.77. The molecule has 0 radical (unpaired) electrons. The Morgan fingerprint density at radius 1 is 1.00 bits per heavy atom. The Bertz CT molecular complexity index is 681. The Balaban J connectivity index is 1.28. The summed E-state index contributed by atoms with van der Waals surface area (Å²) in [4.78, 5) is 21.5. The van der Waals surface area contributed by atoms with Gasteiger partial charge in [0.2, 0.25) is 5.91 Å². The van der Waals surface area contributed by atoms with Crippen LogP contribution in [0.25, 0.3) is 0 Å². The maximum atomic E-state index is 12.7. The minimum absolute atomic E-state index is 0.203. The quantitative estimate of drug-likeness (QED) is 0.868. The molecule has 2 fully saturated rings. The second kappa shape index (κ2) is 6.73. The van der Waals surface area contributed by atoms with Crippen molar-refractivity contribution in [2.45, 2.75) is 18.9 Å². The van der Waals surface area contributed by atoms with Gasteiger partial charge in [0.15, 0.2) is 0 Å². The number of carbonyl (C=O) groups is 1. The summed E-state index contributed by atoms with van der Waals surface area (Å²) < 4.78 is 0. The van der Waals surface area contributed by atoms with Gasteiger partial charge < -0.3 is 4.90 Å². The molecule has 0 spiro atoms. The van der Waals surface area contributed by atoms with Crippen LogP contribution in [0.1, 0.15) is 23.6 Å². The standard InChI is InChI=1S/C20H23N3O/c24-20(19-14-18(19)16-6-2-1-3-7-16)23-12-10-22(11-13-23)15-17-8-4-5-9-21-17/h1-9,18-19H,10-15H2/t18-,19+/m1/s1. The van der Waals surface area contributed by atoms with Gasteiger partial charge in [-0.1, -0.05) is 36.4 Å². The predicted molar refractivity (Wildman–Crippen MR) is 93.4 cm³/mol. The monoisotopic (exact) mass is 321 g/mol. The number of carbonyl (C=O) groups excluding carboxylic acids is 1. The van der Waals surface area contributed by atoms with E-state index in [0.29, 0.717) is 11.8 Å². The molecule has 0 bridgehead atoms. The smallest absolute Gasteiger partial charge is 0.226 e. The molecule has 124 valence electrons. The first-order chi connectivity index (χ1) is 11.8. The van der Waals surface area contributed by atoms with Crippen molar-refractivity contribution in [3.05, 3.63) is 66.0 Å². The molecule has 4 rings (SSSR count). The zero-order chi connectivity index (χ0) is 16.4. The van der Waals surface area contributed by atoms with Gasteiger partial charge in [-0.3, -0.25) is 14.7 Å². The summed E-state index contributed by atoms with van der Waals surface area (Å²) in [6, 6.07) is 16.5. The van der Waals surface area contributed by atoms with Gasteiger partial charge in [-0.2, -0.15) is 0 Å². The minimum atomic E-state index is 0.203. The van der Waals surface area contributed by atoms with Gasteiger partial charge in [-0.25, -0.2) is 0 Å². The lowest BCUT2D eigenvalue weighted by Crippen LogP contribution is -2.48. The van der Waals surface area contributed by atoms with Gasteiger partial charge in [-0.15, -0.1) is 0 Å². The molecule has 1 saturated carbocycles. The largest absolute Gasteiger partial charge is 0.340 e. The third-order valence-corrected chi connectivity index (χ3v) is 5.13. The van der Waals surface area contributed by atoms with Gasteiger partial charge in [0.1, 0.15) is 0 Å². The molecule has 1 amide bonds. The normalized spacial score (nSPS) is 23.9. The lowest BCUT2D eigenvalue weighted by molar-refractivity contribution is -0.134. The minimum Gasteiger partial charge on any atom is -0.340 e. The van der Waals surface area contributed by atoms with Crippen molar-refractivity contribution in [3.8, 4) is 0 Å². The zero-order valence-corrected chi connectivity index (χ0v) is 13.8. The van der Waals surface area contributed by atoms with Crippen molar-refractivity contribution < 1.29 is 4.79 Å². The summed E-state index contributed by atoms with van der Waals surface area (Å²) in [6.45, 7) is 4.42. The highest BCUT2D eigenvalue weighted by Gasteiger charge is 2.45. The average Bonchev–Trinajstić information content (AvgIpc) is 3.44. The van der Waals surface area contributed by atoms with Crippen molar-refractivity contribution in [2.24, 2.45) is 5.92 Å². The van der Waals surface area contributed by atoms with Crippen LogP contribution in [0.4, 0.5) is 0 Å². The molecule has 2 aromatic rings. The van der Waals surface area contributed by atoms with Crippen LogP contribution in [0.5, 0.6) is 0 Å². The van der Waals surface area contributed by atoms with Crippen molar-refractivity contribution in [2.75, 3.05) is 26.2 Å². The summed E-state index contributed by atoms with van der Waals surface area (Å²) in [7, 11) is 0. The molecule has 2 aliphatic rings. The lowest BCUT2D eigenvalue weighted by Gasteiger charge is -2.34. The van der Waals surface area contributed by atoms with Gasteiger partial charge >= 0.3 is 0 Å². The van der Waals surface area contributed by atoms with E-state index in [1.54, 1.807) is 0 Å². The molecule has 4 heteroatoms. The van der Waals surface area contributed by atoms with E-state index >= 15 is 0 Å². The molecule has 1 aromatic heterocycles. The highest BCUT2D eigenvalue weighted by molar-refractivity contribution is 5.83. The molecule has 1 aromatic carbocycles. The van der Waals surface area contributed by atoms with Crippen LogP contribution in [-0.4, -0.2) is 46.9 Å². The fraction of sp³-hybridized carbons (Fsp3) is 0.400. The Morgan fingerprint density at radius 2 is 1.75 bits per heavy atom. The average molecular weight is 321 g/mol. The van der Waals surface area contributed by atoms with Crippen molar-refractivity contribution in [1.29, 1.82) is 0 Å². The number of rotatable bonds is 4. The topological polar surface area (TPSA) is 36.4 Å². The highest BCUT2D eigenvalue weighted by Crippen LogP contribution is 2.48. The van der Waals surface area contributed by atoms with E-state index in [2.05, 4.69) is 45.1 Å². The van der Waals surface area contributed by atoms with Gasteiger partial charge in [-0.05, 0) is 30.0 Å². The summed E-state index contributed by atoms with van der Waals surface area (Å²) >= 11 is 0. The number of piperazine rings is 1. The van der Waals surface area contributed by atoms with Gasteiger partial charge in [0, 0.05) is 44.8 Å². The van der Waals surface area contributed by atoms with Crippen LogP contribution < -0.4 is 0 Å². The Labute approximate surface area is 143 Å². The summed E-state index contributed by atoms with van der Waals surface area (Å²) in [6.07, 6.45) is 2.85. The molecule has 2 heterocycles. The molecular weight excluding hydrogens is 298 g/mol. The van der Waals surface area contributed by atoms with E-state index in [1.165, 1.54) is 5.56 Å². The highest BCUT2D eigenvalue weighted by atomic mass is 16.2. The zero-order valence-electron chi connectivity index (χ0n) is 13.8. The second-order valence-corrected chi connectivity index (χ2v) is 6.78. The Kier molecular flexibility index (Phi) is 4.30. The molecule has 1 aliphatic carbocycles. The molecule has 0 unspecified atom stereocenters. The van der Waals surface area contributed by atoms with Crippen molar-refractivity contribution >= 4 is 5.91 Å². The summed E-state index contributed by atoms with van der Waals surface area (Å²) in [5, 5.41) is 0. The third kappa shape index (κ3) is 3.34. The van der Waals surface area contributed by atoms with Crippen LogP contribution in [0.2, 0.25) is 0 Å². The molecule has 1 saturated heterocycles. The lowest BCUT2D eigenvalue weighted by atomic mass is 10.1. The van der Waals surface area contributed by atoms with Crippen LogP contribution >= 0.6 is 0 Å². The summed E-state index contributed by atoms with van der Waals surface area (Å²) in [5.41, 5.74) is 2.41. The van der Waals surface area contributed by atoms with Gasteiger partial charge in [0.05, 0.1) is 5.69 Å². The Hall–Kier alpha value is -2.20. The maximum Gasteiger partial charge on any atom is 0.226 e. The SMILES string of the molecule is O=C([C@H]1C[C@@H]1c1ccccc1)N1CCN(Cc2ccccn2)CC1. The van der Waals surface area contributed by atoms with Crippen LogP contribution in [0.15, 0.2) is 54.7 Å². The first kappa shape index (κ1) is 15.3. The van der Waals surface area contributed by atoms with E-state index < -0.39 is 0 Å². The van der Waals surface area contributed by atoms with E-state index in [1.807, 2.05) is 24.4 Å². The third-order valence-electron chi connectivity index (χ3n) is 5.13. The second-order valence-electron chi connectivity index (χ2n) is 6.78. The number of hydrogen-bond acceptors (Lipinski definition) is 3. The van der Waals surface area contributed by atoms with Crippen molar-refractivity contribution in [1.82, 2.24) is 14.8 Å². The number of hydrogen-bond donors (Lipinski definition) is 0. The number of benzene rings is 1. The van der Waals surface area contributed by atoms with Gasteiger partial charge in [0.25, 0.3) is 0 Å². The first-order valence-corrected chi connectivity index (χ1v) is 8.77. The fourth-order valence-corrected chi connectivity index (χ4v) is 3.62. The van der Waals surface area contributed by atoms with E-state index in [0.717, 1.165) is 44.8 Å². The number of nitrogens with zero attached hydrogens (tertiary/aromatic N) is 3. The molecule has 4 nitrogen and oxygen atoms in total. The van der Waals surface area contributed by atoms with E-state index in [9.17, 15) is 4.79 Å². The van der Waals surface area contributed by atoms with Crippen molar-refractivity contribution in [3.63, 3.8) is 0 Å². The van der Waals surface area contributed by atoms with Crippen LogP contribution in [-0.2, 0) is 11.3 Å². The molecular formula is C20H23N3O. The Morgan fingerprint density at radius 3 is 2.46 bits per heavy atom. The molecule has 1 aliphatic heterocycles. The molecule has 0 N–H and O–H groups in total. The molecule has 24 heavy (non-hydrogen) atoms. The fourth-order valence-electron chi connectivity index (χ4n) is 3.62. The summed E-state index contributed by atoms with van der Waals surface area (Å²) in [5.74, 6) is 0.987.